The molecule has 0 spiro atoms. The van der Waals surface area contributed by atoms with E-state index in [1.54, 1.807) is 0 Å². The fraction of sp³-hybridized carbons (Fsp3) is 0.867. The highest BCUT2D eigenvalue weighted by atomic mass is 16.7. The average Bonchev–Trinajstić information content (AvgIpc) is 2.34. The van der Waals surface area contributed by atoms with Gasteiger partial charge in [-0.2, -0.15) is 0 Å². The molecule has 0 rings (SSSR count). The second-order valence-electron chi connectivity index (χ2n) is 4.49. The Hall–Kier alpha value is -0.340. The summed E-state index contributed by atoms with van der Waals surface area (Å²) in [5.41, 5.74) is 0. The molecule has 0 aromatic rings. The summed E-state index contributed by atoms with van der Waals surface area (Å²) in [5.74, 6) is 0.693. The zero-order valence-electron chi connectivity index (χ0n) is 11.9. The van der Waals surface area contributed by atoms with Crippen LogP contribution in [0.4, 0.5) is 0 Å². The number of ether oxygens (including phenoxy) is 2. The van der Waals surface area contributed by atoms with Crippen LogP contribution in [0.15, 0.2) is 12.2 Å². The molecule has 0 N–H and O–H groups in total. The minimum Gasteiger partial charge on any atom is -0.356 e. The van der Waals surface area contributed by atoms with E-state index >= 15 is 0 Å². The molecule has 0 aliphatic heterocycles. The van der Waals surface area contributed by atoms with E-state index in [4.69, 9.17) is 9.47 Å². The summed E-state index contributed by atoms with van der Waals surface area (Å²) in [6, 6.07) is 0. The van der Waals surface area contributed by atoms with Crippen LogP contribution in [0, 0.1) is 5.92 Å². The van der Waals surface area contributed by atoms with Crippen LogP contribution >= 0.6 is 0 Å². The van der Waals surface area contributed by atoms with Gasteiger partial charge in [-0.3, -0.25) is 0 Å². The van der Waals surface area contributed by atoms with Crippen LogP contribution in [-0.2, 0) is 9.47 Å². The minimum atomic E-state index is 0.449. The van der Waals surface area contributed by atoms with E-state index in [0.717, 1.165) is 13.2 Å². The van der Waals surface area contributed by atoms with Gasteiger partial charge < -0.3 is 9.47 Å². The van der Waals surface area contributed by atoms with Crippen LogP contribution in [0.2, 0.25) is 0 Å². The van der Waals surface area contributed by atoms with Crippen molar-refractivity contribution >= 4 is 0 Å². The highest BCUT2D eigenvalue weighted by molar-refractivity contribution is 4.78. The molecule has 0 fully saturated rings. The lowest BCUT2D eigenvalue weighted by Gasteiger charge is -2.16. The summed E-state index contributed by atoms with van der Waals surface area (Å²) in [6.45, 7) is 8.36. The van der Waals surface area contributed by atoms with Gasteiger partial charge >= 0.3 is 0 Å². The first kappa shape index (κ1) is 16.7. The normalized spacial score (nSPS) is 13.4. The number of hydrogen-bond acceptors (Lipinski definition) is 2. The third kappa shape index (κ3) is 11.9. The molecule has 0 saturated carbocycles. The van der Waals surface area contributed by atoms with Gasteiger partial charge in [-0.25, -0.2) is 0 Å². The Bertz CT molecular complexity index is 166. The first-order chi connectivity index (χ1) is 8.35. The maximum absolute atomic E-state index is 5.55. The van der Waals surface area contributed by atoms with Crippen LogP contribution in [0.3, 0.4) is 0 Å². The van der Waals surface area contributed by atoms with Crippen LogP contribution in [0.1, 0.15) is 59.3 Å². The smallest absolute Gasteiger partial charge is 0.146 e. The van der Waals surface area contributed by atoms with Gasteiger partial charge in [0.1, 0.15) is 6.79 Å². The zero-order chi connectivity index (χ0) is 12.8. The zero-order valence-corrected chi connectivity index (χ0v) is 11.9. The third-order valence-electron chi connectivity index (χ3n) is 2.92. The summed E-state index contributed by atoms with van der Waals surface area (Å²) in [4.78, 5) is 0. The molecule has 1 unspecified atom stereocenters. The standard InChI is InChI=1S/C15H30O2/c1-4-7-9-11-15(12-10-8-5-2)13-17-14-16-6-3/h4,7,15H,5-6,8-14H2,1-3H3. The molecule has 0 saturated heterocycles. The van der Waals surface area contributed by atoms with Crippen molar-refractivity contribution in [1.82, 2.24) is 0 Å². The average molecular weight is 242 g/mol. The number of allylic oxidation sites excluding steroid dienone is 2. The number of hydrogen-bond donors (Lipinski definition) is 0. The highest BCUT2D eigenvalue weighted by Crippen LogP contribution is 2.16. The van der Waals surface area contributed by atoms with E-state index < -0.39 is 0 Å². The Labute approximate surface area is 107 Å². The molecule has 0 aromatic heterocycles. The monoisotopic (exact) mass is 242 g/mol. The molecule has 2 heteroatoms. The van der Waals surface area contributed by atoms with Crippen molar-refractivity contribution in [2.75, 3.05) is 20.0 Å². The summed E-state index contributed by atoms with van der Waals surface area (Å²) in [6.07, 6.45) is 12.0. The van der Waals surface area contributed by atoms with Crippen LogP contribution in [0.5, 0.6) is 0 Å². The number of unbranched alkanes of at least 4 members (excludes halogenated alkanes) is 2. The fourth-order valence-corrected chi connectivity index (χ4v) is 1.85. The predicted octanol–water partition coefficient (Wildman–Crippen LogP) is 4.55. The molecule has 1 atom stereocenters. The quantitative estimate of drug-likeness (QED) is 0.284. The maximum Gasteiger partial charge on any atom is 0.146 e. The molecule has 2 nitrogen and oxygen atoms in total. The molecule has 0 heterocycles. The lowest BCUT2D eigenvalue weighted by molar-refractivity contribution is -0.0619. The lowest BCUT2D eigenvalue weighted by atomic mass is 9.97. The van der Waals surface area contributed by atoms with Crippen molar-refractivity contribution in [3.63, 3.8) is 0 Å². The second-order valence-corrected chi connectivity index (χ2v) is 4.49. The largest absolute Gasteiger partial charge is 0.356 e. The first-order valence-corrected chi connectivity index (χ1v) is 7.11. The van der Waals surface area contributed by atoms with Crippen molar-refractivity contribution in [2.24, 2.45) is 5.92 Å². The van der Waals surface area contributed by atoms with Crippen LogP contribution < -0.4 is 0 Å². The summed E-state index contributed by atoms with van der Waals surface area (Å²) >= 11 is 0. The van der Waals surface area contributed by atoms with Crippen molar-refractivity contribution in [1.29, 1.82) is 0 Å². The summed E-state index contributed by atoms with van der Waals surface area (Å²) < 4.78 is 10.8. The molecular weight excluding hydrogens is 212 g/mol. The van der Waals surface area contributed by atoms with E-state index in [1.165, 1.54) is 38.5 Å². The van der Waals surface area contributed by atoms with Gasteiger partial charge in [0.25, 0.3) is 0 Å². The fourth-order valence-electron chi connectivity index (χ4n) is 1.85. The van der Waals surface area contributed by atoms with Gasteiger partial charge in [0.05, 0.1) is 6.61 Å². The van der Waals surface area contributed by atoms with Gasteiger partial charge in [0, 0.05) is 6.61 Å². The topological polar surface area (TPSA) is 18.5 Å². The molecule has 0 aliphatic rings. The van der Waals surface area contributed by atoms with E-state index in [2.05, 4.69) is 26.0 Å². The minimum absolute atomic E-state index is 0.449. The van der Waals surface area contributed by atoms with Gasteiger partial charge in [0.2, 0.25) is 0 Å². The van der Waals surface area contributed by atoms with E-state index in [9.17, 15) is 0 Å². The van der Waals surface area contributed by atoms with Crippen molar-refractivity contribution < 1.29 is 9.47 Å². The molecule has 17 heavy (non-hydrogen) atoms. The van der Waals surface area contributed by atoms with Crippen LogP contribution in [0.25, 0.3) is 0 Å². The second kappa shape index (κ2) is 13.7. The van der Waals surface area contributed by atoms with Gasteiger partial charge in [-0.15, -0.1) is 0 Å². The van der Waals surface area contributed by atoms with E-state index in [0.29, 0.717) is 12.7 Å². The van der Waals surface area contributed by atoms with Crippen molar-refractivity contribution in [3.8, 4) is 0 Å². The predicted molar refractivity (Wildman–Crippen MR) is 74.1 cm³/mol. The van der Waals surface area contributed by atoms with Crippen LogP contribution in [-0.4, -0.2) is 20.0 Å². The van der Waals surface area contributed by atoms with Gasteiger partial charge in [0.15, 0.2) is 0 Å². The molecular formula is C15H30O2. The Morgan fingerprint density at radius 3 is 2.53 bits per heavy atom. The van der Waals surface area contributed by atoms with E-state index in [-0.39, 0.29) is 0 Å². The van der Waals surface area contributed by atoms with Gasteiger partial charge in [-0.05, 0) is 39.0 Å². The Balaban J connectivity index is 3.67. The SMILES string of the molecule is CC=CCCC(CCCCC)COCOCC. The Morgan fingerprint density at radius 1 is 1.06 bits per heavy atom. The molecule has 0 aromatic carbocycles. The first-order valence-electron chi connectivity index (χ1n) is 7.11. The Kier molecular flexibility index (Phi) is 13.4. The molecule has 0 radical (unpaired) electrons. The third-order valence-corrected chi connectivity index (χ3v) is 2.92. The van der Waals surface area contributed by atoms with E-state index in [1.807, 2.05) is 6.92 Å². The maximum atomic E-state index is 5.55. The molecule has 0 bridgehead atoms. The van der Waals surface area contributed by atoms with Crippen molar-refractivity contribution in [2.45, 2.75) is 59.3 Å². The van der Waals surface area contributed by atoms with Crippen molar-refractivity contribution in [3.05, 3.63) is 12.2 Å². The summed E-state index contributed by atoms with van der Waals surface area (Å²) in [5, 5.41) is 0. The highest BCUT2D eigenvalue weighted by Gasteiger charge is 2.07. The van der Waals surface area contributed by atoms with Gasteiger partial charge in [-0.1, -0.05) is 38.3 Å². The molecule has 0 amide bonds. The molecule has 0 aliphatic carbocycles. The lowest BCUT2D eigenvalue weighted by Crippen LogP contribution is -2.12. The summed E-state index contributed by atoms with van der Waals surface area (Å²) in [7, 11) is 0. The molecule has 102 valence electrons. The number of rotatable bonds is 12. The Morgan fingerprint density at radius 2 is 1.88 bits per heavy atom.